The Hall–Kier alpha value is -1.48. The highest BCUT2D eigenvalue weighted by molar-refractivity contribution is 5.79. The van der Waals surface area contributed by atoms with Crippen LogP contribution in [0.1, 0.15) is 25.5 Å². The van der Waals surface area contributed by atoms with Crippen LogP contribution in [0.5, 0.6) is 5.75 Å². The molecule has 0 aliphatic rings. The first kappa shape index (κ1) is 10.1. The van der Waals surface area contributed by atoms with E-state index in [0.29, 0.717) is 5.75 Å². The van der Waals surface area contributed by atoms with Gasteiger partial charge in [0.25, 0.3) is 0 Å². The summed E-state index contributed by atoms with van der Waals surface area (Å²) in [5, 5.41) is 1.05. The molecule has 0 amide bonds. The van der Waals surface area contributed by atoms with Gasteiger partial charge in [-0.15, -0.1) is 0 Å². The molecule has 2 aromatic rings. The Labute approximate surface area is 88.8 Å². The second kappa shape index (κ2) is 4.36. The molecule has 0 fully saturated rings. The normalized spacial score (nSPS) is 10.8. The highest BCUT2D eigenvalue weighted by Gasteiger charge is 2.04. The first-order chi connectivity index (χ1) is 7.33. The average Bonchev–Trinajstić information content (AvgIpc) is 2.67. The van der Waals surface area contributed by atoms with Crippen molar-refractivity contribution >= 4 is 11.0 Å². The van der Waals surface area contributed by atoms with Gasteiger partial charge in [0.15, 0.2) is 0 Å². The standard InChI is InChI=1S/C12H15NO2/c1-2-3-4-10-7-9-8-11(15-13)5-6-12(9)14-10/h5-8H,2-4,13H2,1H3. The Balaban J connectivity index is 2.29. The molecular formula is C12H15NO2. The maximum Gasteiger partial charge on any atom is 0.147 e. The second-order valence-electron chi connectivity index (χ2n) is 3.63. The molecule has 0 unspecified atom stereocenters. The van der Waals surface area contributed by atoms with Crippen LogP contribution in [0, 0.1) is 0 Å². The molecule has 1 aromatic heterocycles. The van der Waals surface area contributed by atoms with Crippen molar-refractivity contribution in [3.63, 3.8) is 0 Å². The first-order valence-electron chi connectivity index (χ1n) is 5.22. The molecule has 0 atom stereocenters. The van der Waals surface area contributed by atoms with E-state index in [1.165, 1.54) is 6.42 Å². The molecule has 0 spiro atoms. The van der Waals surface area contributed by atoms with E-state index in [-0.39, 0.29) is 0 Å². The fourth-order valence-electron chi connectivity index (χ4n) is 1.62. The van der Waals surface area contributed by atoms with E-state index in [2.05, 4.69) is 11.8 Å². The van der Waals surface area contributed by atoms with E-state index in [0.717, 1.165) is 29.6 Å². The third kappa shape index (κ3) is 2.13. The van der Waals surface area contributed by atoms with Crippen LogP contribution >= 0.6 is 0 Å². The molecule has 0 saturated heterocycles. The molecule has 1 heterocycles. The molecule has 2 N–H and O–H groups in total. The van der Waals surface area contributed by atoms with E-state index >= 15 is 0 Å². The molecule has 15 heavy (non-hydrogen) atoms. The van der Waals surface area contributed by atoms with Crippen molar-refractivity contribution in [2.75, 3.05) is 0 Å². The van der Waals surface area contributed by atoms with Crippen molar-refractivity contribution < 1.29 is 9.25 Å². The van der Waals surface area contributed by atoms with Gasteiger partial charge in [0.05, 0.1) is 0 Å². The van der Waals surface area contributed by atoms with Gasteiger partial charge in [-0.3, -0.25) is 0 Å². The molecule has 0 radical (unpaired) electrons. The highest BCUT2D eigenvalue weighted by atomic mass is 16.6. The van der Waals surface area contributed by atoms with Crippen molar-refractivity contribution in [1.29, 1.82) is 0 Å². The van der Waals surface area contributed by atoms with Crippen LogP contribution < -0.4 is 10.7 Å². The fourth-order valence-corrected chi connectivity index (χ4v) is 1.62. The number of unbranched alkanes of at least 4 members (excludes halogenated alkanes) is 1. The molecule has 0 aliphatic heterocycles. The van der Waals surface area contributed by atoms with Gasteiger partial charge in [-0.2, -0.15) is 5.90 Å². The largest absolute Gasteiger partial charge is 0.461 e. The van der Waals surface area contributed by atoms with Gasteiger partial charge in [0.1, 0.15) is 17.1 Å². The van der Waals surface area contributed by atoms with Crippen molar-refractivity contribution in [2.45, 2.75) is 26.2 Å². The molecule has 0 bridgehead atoms. The van der Waals surface area contributed by atoms with Gasteiger partial charge in [0, 0.05) is 11.8 Å². The van der Waals surface area contributed by atoms with Crippen molar-refractivity contribution in [2.24, 2.45) is 5.90 Å². The maximum absolute atomic E-state index is 5.67. The van der Waals surface area contributed by atoms with E-state index in [9.17, 15) is 0 Å². The van der Waals surface area contributed by atoms with E-state index < -0.39 is 0 Å². The molecule has 80 valence electrons. The zero-order valence-electron chi connectivity index (χ0n) is 8.82. The van der Waals surface area contributed by atoms with Crippen LogP contribution in [0.15, 0.2) is 28.7 Å². The van der Waals surface area contributed by atoms with Gasteiger partial charge in [-0.05, 0) is 30.7 Å². The Bertz CT molecular complexity index is 448. The summed E-state index contributed by atoms with van der Waals surface area (Å²) in [4.78, 5) is 4.67. The Morgan fingerprint density at radius 3 is 2.93 bits per heavy atom. The van der Waals surface area contributed by atoms with Crippen LogP contribution in [0.4, 0.5) is 0 Å². The Kier molecular flexibility index (Phi) is 2.92. The van der Waals surface area contributed by atoms with Gasteiger partial charge in [-0.25, -0.2) is 0 Å². The van der Waals surface area contributed by atoms with Crippen LogP contribution in [0.25, 0.3) is 11.0 Å². The summed E-state index contributed by atoms with van der Waals surface area (Å²) in [5.74, 6) is 6.78. The van der Waals surface area contributed by atoms with Crippen LogP contribution in [0.3, 0.4) is 0 Å². The Morgan fingerprint density at radius 2 is 2.20 bits per heavy atom. The number of benzene rings is 1. The monoisotopic (exact) mass is 205 g/mol. The van der Waals surface area contributed by atoms with Gasteiger partial charge >= 0.3 is 0 Å². The zero-order valence-corrected chi connectivity index (χ0v) is 8.82. The number of aryl methyl sites for hydroxylation is 1. The first-order valence-corrected chi connectivity index (χ1v) is 5.22. The number of rotatable bonds is 4. The molecule has 3 heteroatoms. The van der Waals surface area contributed by atoms with Gasteiger partial charge < -0.3 is 9.25 Å². The Morgan fingerprint density at radius 1 is 1.33 bits per heavy atom. The molecule has 0 aliphatic carbocycles. The summed E-state index contributed by atoms with van der Waals surface area (Å²) >= 11 is 0. The number of fused-ring (bicyclic) bond motifs is 1. The molecule has 0 saturated carbocycles. The van der Waals surface area contributed by atoms with Gasteiger partial charge in [-0.1, -0.05) is 13.3 Å². The molecular weight excluding hydrogens is 190 g/mol. The lowest BCUT2D eigenvalue weighted by Crippen LogP contribution is -2.00. The summed E-state index contributed by atoms with van der Waals surface area (Å²) in [6.45, 7) is 2.17. The lowest BCUT2D eigenvalue weighted by molar-refractivity contribution is 0.335. The van der Waals surface area contributed by atoms with E-state index in [1.807, 2.05) is 18.2 Å². The smallest absolute Gasteiger partial charge is 0.147 e. The predicted octanol–water partition coefficient (Wildman–Crippen LogP) is 3.03. The summed E-state index contributed by atoms with van der Waals surface area (Å²) in [7, 11) is 0. The molecule has 2 rings (SSSR count). The summed E-state index contributed by atoms with van der Waals surface area (Å²) in [5.41, 5.74) is 0.891. The number of nitrogens with two attached hydrogens (primary N) is 1. The minimum absolute atomic E-state index is 0.658. The van der Waals surface area contributed by atoms with Crippen LogP contribution in [-0.2, 0) is 6.42 Å². The van der Waals surface area contributed by atoms with E-state index in [1.54, 1.807) is 6.07 Å². The summed E-state index contributed by atoms with van der Waals surface area (Å²) in [6, 6.07) is 7.62. The van der Waals surface area contributed by atoms with Crippen molar-refractivity contribution in [1.82, 2.24) is 0 Å². The summed E-state index contributed by atoms with van der Waals surface area (Å²) in [6.07, 6.45) is 3.32. The SMILES string of the molecule is CCCCc1cc2cc(ON)ccc2o1. The van der Waals surface area contributed by atoms with Crippen molar-refractivity contribution in [3.05, 3.63) is 30.0 Å². The van der Waals surface area contributed by atoms with Gasteiger partial charge in [0.2, 0.25) is 0 Å². The maximum atomic E-state index is 5.67. The van der Waals surface area contributed by atoms with Crippen LogP contribution in [0.2, 0.25) is 0 Å². The third-order valence-corrected chi connectivity index (χ3v) is 2.45. The minimum Gasteiger partial charge on any atom is -0.461 e. The van der Waals surface area contributed by atoms with Crippen LogP contribution in [-0.4, -0.2) is 0 Å². The minimum atomic E-state index is 0.658. The fraction of sp³-hybridized carbons (Fsp3) is 0.333. The quantitative estimate of drug-likeness (QED) is 0.780. The molecule has 1 aromatic carbocycles. The second-order valence-corrected chi connectivity index (χ2v) is 3.63. The highest BCUT2D eigenvalue weighted by Crippen LogP contribution is 2.24. The lowest BCUT2D eigenvalue weighted by atomic mass is 10.2. The topological polar surface area (TPSA) is 48.4 Å². The van der Waals surface area contributed by atoms with Crippen molar-refractivity contribution in [3.8, 4) is 5.75 Å². The number of hydrogen-bond acceptors (Lipinski definition) is 3. The number of hydrogen-bond donors (Lipinski definition) is 1. The predicted molar refractivity (Wildman–Crippen MR) is 59.6 cm³/mol. The molecule has 3 nitrogen and oxygen atoms in total. The summed E-state index contributed by atoms with van der Waals surface area (Å²) < 4.78 is 5.67. The zero-order chi connectivity index (χ0) is 10.7. The third-order valence-electron chi connectivity index (χ3n) is 2.45. The van der Waals surface area contributed by atoms with E-state index in [4.69, 9.17) is 10.3 Å². The number of furan rings is 1. The lowest BCUT2D eigenvalue weighted by Gasteiger charge is -1.95. The average molecular weight is 205 g/mol.